The fraction of sp³-hybridized carbons (Fsp3) is 0.450. The predicted molar refractivity (Wildman–Crippen MR) is 121 cm³/mol. The third-order valence-corrected chi connectivity index (χ3v) is 10.1. The zero-order valence-corrected chi connectivity index (χ0v) is 20.7. The molecule has 0 bridgehead atoms. The summed E-state index contributed by atoms with van der Waals surface area (Å²) in [6.07, 6.45) is -3.24. The first-order valence-corrected chi connectivity index (χ1v) is 13.2. The minimum Gasteiger partial charge on any atom is -0.488 e. The third kappa shape index (κ3) is 5.15. The zero-order chi connectivity index (χ0) is 24.0. The van der Waals surface area contributed by atoms with Gasteiger partial charge in [-0.25, -0.2) is 8.42 Å². The molecule has 3 heterocycles. The first kappa shape index (κ1) is 24.3. The van der Waals surface area contributed by atoms with Crippen LogP contribution in [0.4, 0.5) is 18.9 Å². The van der Waals surface area contributed by atoms with Gasteiger partial charge in [0.25, 0.3) is 10.0 Å². The summed E-state index contributed by atoms with van der Waals surface area (Å²) < 4.78 is 75.1. The standard InChI is InChI=1S/C20H21BrF3N3O4S2/c1-26-6-4-13(9-26)31-16-8-12(2-3-15(16)20(22,23)24)25-33(29,30)19-18(21)14-10-27(11-28)7-5-17(14)32-19/h2-3,8,11,13,25H,4-7,9-10H2,1H3. The Bertz CT molecular complexity index is 1170. The van der Waals surface area contributed by atoms with E-state index in [1.165, 1.54) is 0 Å². The molecule has 0 aliphatic carbocycles. The fourth-order valence-electron chi connectivity index (χ4n) is 3.90. The molecule has 1 N–H and O–H groups in total. The Morgan fingerprint density at radius 2 is 2.06 bits per heavy atom. The number of alkyl halides is 3. The number of carbonyl (C=O) groups excluding carboxylic acids is 1. The van der Waals surface area contributed by atoms with Crippen LogP contribution in [0, 0.1) is 0 Å². The Hall–Kier alpha value is -1.83. The molecule has 0 saturated carbocycles. The number of hydrogen-bond donors (Lipinski definition) is 1. The van der Waals surface area contributed by atoms with Crippen molar-refractivity contribution in [3.8, 4) is 5.75 Å². The molecular weight excluding hydrogens is 547 g/mol. The predicted octanol–water partition coefficient (Wildman–Crippen LogP) is 3.93. The van der Waals surface area contributed by atoms with Crippen LogP contribution in [0.5, 0.6) is 5.75 Å². The number of nitrogens with one attached hydrogen (secondary N) is 1. The molecule has 1 atom stereocenters. The van der Waals surface area contributed by atoms with Crippen molar-refractivity contribution in [3.05, 3.63) is 38.7 Å². The molecule has 7 nitrogen and oxygen atoms in total. The molecule has 180 valence electrons. The van der Waals surface area contributed by atoms with Crippen molar-refractivity contribution in [1.82, 2.24) is 9.80 Å². The van der Waals surface area contributed by atoms with Crippen LogP contribution in [0.15, 0.2) is 26.9 Å². The van der Waals surface area contributed by atoms with Gasteiger partial charge in [0.15, 0.2) is 4.21 Å². The number of rotatable bonds is 6. The van der Waals surface area contributed by atoms with Crippen molar-refractivity contribution < 1.29 is 31.1 Å². The largest absolute Gasteiger partial charge is 0.488 e. The maximum absolute atomic E-state index is 13.5. The fourth-order valence-corrected chi connectivity index (χ4v) is 7.96. The molecule has 1 saturated heterocycles. The van der Waals surface area contributed by atoms with E-state index in [4.69, 9.17) is 4.74 Å². The Balaban J connectivity index is 1.63. The number of thiophene rings is 1. The lowest BCUT2D eigenvalue weighted by molar-refractivity contribution is -0.139. The Morgan fingerprint density at radius 3 is 2.70 bits per heavy atom. The van der Waals surface area contributed by atoms with Gasteiger partial charge in [0.1, 0.15) is 11.9 Å². The highest BCUT2D eigenvalue weighted by molar-refractivity contribution is 9.10. The van der Waals surface area contributed by atoms with Gasteiger partial charge in [-0.15, -0.1) is 11.3 Å². The van der Waals surface area contributed by atoms with Crippen LogP contribution in [0.2, 0.25) is 0 Å². The molecule has 2 aliphatic heterocycles. The van der Waals surface area contributed by atoms with Gasteiger partial charge in [-0.3, -0.25) is 9.52 Å². The minimum absolute atomic E-state index is 0.0139. The van der Waals surface area contributed by atoms with E-state index in [2.05, 4.69) is 20.7 Å². The highest BCUT2D eigenvalue weighted by Crippen LogP contribution is 2.42. The summed E-state index contributed by atoms with van der Waals surface area (Å²) in [5.74, 6) is -0.408. The summed E-state index contributed by atoms with van der Waals surface area (Å²) in [6, 6.07) is 2.97. The number of likely N-dealkylation sites (N-methyl/N-ethyl adjacent to an activating group) is 1. The highest BCUT2D eigenvalue weighted by Gasteiger charge is 2.36. The molecule has 1 amide bonds. The number of hydrogen-bond acceptors (Lipinski definition) is 6. The Labute approximate surface area is 201 Å². The first-order chi connectivity index (χ1) is 15.5. The summed E-state index contributed by atoms with van der Waals surface area (Å²) in [6.45, 7) is 1.97. The van der Waals surface area contributed by atoms with Crippen LogP contribution in [0.25, 0.3) is 0 Å². The van der Waals surface area contributed by atoms with Crippen molar-refractivity contribution in [2.75, 3.05) is 31.4 Å². The number of sulfonamides is 1. The van der Waals surface area contributed by atoms with E-state index in [1.54, 1.807) is 4.90 Å². The van der Waals surface area contributed by atoms with Crippen molar-refractivity contribution in [1.29, 1.82) is 0 Å². The molecular formula is C20H21BrF3N3O4S2. The van der Waals surface area contributed by atoms with E-state index >= 15 is 0 Å². The van der Waals surface area contributed by atoms with E-state index in [9.17, 15) is 26.4 Å². The van der Waals surface area contributed by atoms with Crippen molar-refractivity contribution >= 4 is 49.4 Å². The summed E-state index contributed by atoms with van der Waals surface area (Å²) >= 11 is 4.41. The second-order valence-electron chi connectivity index (χ2n) is 8.04. The van der Waals surface area contributed by atoms with E-state index in [0.717, 1.165) is 40.0 Å². The quantitative estimate of drug-likeness (QED) is 0.535. The lowest BCUT2D eigenvalue weighted by atomic mass is 10.1. The van der Waals surface area contributed by atoms with Crippen LogP contribution in [-0.4, -0.2) is 57.4 Å². The second-order valence-corrected chi connectivity index (χ2v) is 11.8. The lowest BCUT2D eigenvalue weighted by Gasteiger charge is -2.22. The number of benzene rings is 1. The van der Waals surface area contributed by atoms with Gasteiger partial charge in [-0.1, -0.05) is 0 Å². The third-order valence-electron chi connectivity index (χ3n) is 5.56. The van der Waals surface area contributed by atoms with Gasteiger partial charge in [0, 0.05) is 42.7 Å². The highest BCUT2D eigenvalue weighted by atomic mass is 79.9. The number of anilines is 1. The summed E-state index contributed by atoms with van der Waals surface area (Å²) in [4.78, 5) is 15.4. The Kier molecular flexibility index (Phi) is 6.69. The molecule has 2 aromatic rings. The van der Waals surface area contributed by atoms with E-state index in [-0.39, 0.29) is 9.90 Å². The van der Waals surface area contributed by atoms with Gasteiger partial charge in [0.2, 0.25) is 6.41 Å². The van der Waals surface area contributed by atoms with Gasteiger partial charge in [-0.05, 0) is 48.0 Å². The Morgan fingerprint density at radius 1 is 1.30 bits per heavy atom. The topological polar surface area (TPSA) is 79.0 Å². The zero-order valence-electron chi connectivity index (χ0n) is 17.5. The van der Waals surface area contributed by atoms with E-state index in [0.29, 0.717) is 49.9 Å². The molecule has 1 aromatic carbocycles. The van der Waals surface area contributed by atoms with Gasteiger partial charge in [0.05, 0.1) is 15.7 Å². The monoisotopic (exact) mass is 567 g/mol. The maximum atomic E-state index is 13.5. The molecule has 13 heteroatoms. The summed E-state index contributed by atoms with van der Waals surface area (Å²) in [5.41, 5.74) is -0.264. The summed E-state index contributed by atoms with van der Waals surface area (Å²) in [5, 5.41) is 0. The van der Waals surface area contributed by atoms with Crippen LogP contribution in [-0.2, 0) is 34.0 Å². The number of fused-ring (bicyclic) bond motifs is 1. The molecule has 0 spiro atoms. The van der Waals surface area contributed by atoms with Gasteiger partial charge in [-0.2, -0.15) is 13.2 Å². The average Bonchev–Trinajstić information content (AvgIpc) is 3.29. The second kappa shape index (κ2) is 9.08. The van der Waals surface area contributed by atoms with Crippen LogP contribution >= 0.6 is 27.3 Å². The van der Waals surface area contributed by atoms with E-state index < -0.39 is 33.6 Å². The summed E-state index contributed by atoms with van der Waals surface area (Å²) in [7, 11) is -2.24. The molecule has 2 aliphatic rings. The number of likely N-dealkylation sites (tertiary alicyclic amines) is 1. The average molecular weight is 568 g/mol. The SMILES string of the molecule is CN1CCC(Oc2cc(NS(=O)(=O)c3sc4c(c3Br)CN(C=O)CC4)ccc2C(F)(F)F)C1. The van der Waals surface area contributed by atoms with Crippen molar-refractivity contribution in [3.63, 3.8) is 0 Å². The number of amides is 1. The van der Waals surface area contributed by atoms with Gasteiger partial charge < -0.3 is 14.5 Å². The number of ether oxygens (including phenoxy) is 1. The molecule has 4 rings (SSSR count). The normalized spacial score (nSPS) is 19.4. The maximum Gasteiger partial charge on any atom is 0.419 e. The van der Waals surface area contributed by atoms with Crippen LogP contribution in [0.3, 0.4) is 0 Å². The first-order valence-electron chi connectivity index (χ1n) is 10.1. The van der Waals surface area contributed by atoms with Crippen LogP contribution < -0.4 is 9.46 Å². The number of halogens is 4. The molecule has 0 radical (unpaired) electrons. The van der Waals surface area contributed by atoms with Crippen molar-refractivity contribution in [2.24, 2.45) is 0 Å². The van der Waals surface area contributed by atoms with E-state index in [1.807, 2.05) is 11.9 Å². The number of nitrogens with zero attached hydrogens (tertiary/aromatic N) is 2. The van der Waals surface area contributed by atoms with Crippen molar-refractivity contribution in [2.45, 2.75) is 35.9 Å². The van der Waals surface area contributed by atoms with Gasteiger partial charge >= 0.3 is 6.18 Å². The minimum atomic E-state index is -4.64. The molecule has 33 heavy (non-hydrogen) atoms. The molecule has 1 unspecified atom stereocenters. The smallest absolute Gasteiger partial charge is 0.419 e. The molecule has 1 aromatic heterocycles. The van der Waals surface area contributed by atoms with Crippen LogP contribution in [0.1, 0.15) is 22.4 Å². The molecule has 1 fully saturated rings. The number of carbonyl (C=O) groups is 1. The lowest BCUT2D eigenvalue weighted by Crippen LogP contribution is -2.28.